The number of carbonyl (C=O) groups excluding carboxylic acids is 2. The lowest BCUT2D eigenvalue weighted by Gasteiger charge is -2.18. The van der Waals surface area contributed by atoms with Gasteiger partial charge >= 0.3 is 0 Å². The van der Waals surface area contributed by atoms with E-state index in [1.165, 1.54) is 0 Å². The average Bonchev–Trinajstić information content (AvgIpc) is 3.51. The minimum absolute atomic E-state index is 0.130. The van der Waals surface area contributed by atoms with Gasteiger partial charge in [-0.2, -0.15) is 5.10 Å². The molecule has 3 aromatic carbocycles. The number of ether oxygens (including phenoxy) is 1. The summed E-state index contributed by atoms with van der Waals surface area (Å²) in [7, 11) is 0. The van der Waals surface area contributed by atoms with E-state index in [9.17, 15) is 9.59 Å². The summed E-state index contributed by atoms with van der Waals surface area (Å²) in [6, 6.07) is 24.4. The lowest BCUT2D eigenvalue weighted by atomic mass is 10.1. The van der Waals surface area contributed by atoms with Crippen LogP contribution in [0, 0.1) is 0 Å². The highest BCUT2D eigenvalue weighted by Crippen LogP contribution is 2.28. The second-order valence-corrected chi connectivity index (χ2v) is 7.55. The van der Waals surface area contributed by atoms with Gasteiger partial charge in [-0.25, -0.2) is 4.68 Å². The zero-order valence-corrected chi connectivity index (χ0v) is 17.3. The minimum Gasteiger partial charge on any atom is -0.483 e. The molecular weight excluding hydrogens is 402 g/mol. The molecule has 1 aliphatic rings. The molecule has 2 heterocycles. The Bertz CT molecular complexity index is 1280. The Morgan fingerprint density at radius 2 is 1.66 bits per heavy atom. The van der Waals surface area contributed by atoms with Crippen molar-refractivity contribution in [2.24, 2.45) is 0 Å². The third kappa shape index (κ3) is 3.78. The molecule has 0 N–H and O–H groups in total. The SMILES string of the molecule is O=C(c1cnn(-c2ccccc2)c1)c1ccccc1OCC(=O)N1CCc2ccccc21. The van der Waals surface area contributed by atoms with Crippen LogP contribution in [0.4, 0.5) is 5.69 Å². The Hall–Kier alpha value is -4.19. The van der Waals surface area contributed by atoms with Crippen molar-refractivity contribution in [1.82, 2.24) is 9.78 Å². The molecule has 1 amide bonds. The quantitative estimate of drug-likeness (QED) is 0.439. The maximum atomic E-state index is 13.1. The largest absolute Gasteiger partial charge is 0.483 e. The fourth-order valence-corrected chi connectivity index (χ4v) is 3.91. The average molecular weight is 423 g/mol. The normalized spacial score (nSPS) is 12.4. The van der Waals surface area contributed by atoms with Gasteiger partial charge < -0.3 is 9.64 Å². The number of anilines is 1. The van der Waals surface area contributed by atoms with Gasteiger partial charge in [0.2, 0.25) is 0 Å². The number of rotatable bonds is 6. The molecule has 0 fully saturated rings. The molecule has 0 atom stereocenters. The number of hydrogen-bond donors (Lipinski definition) is 0. The summed E-state index contributed by atoms with van der Waals surface area (Å²) in [5, 5.41) is 4.30. The lowest BCUT2D eigenvalue weighted by molar-refractivity contribution is -0.120. The van der Waals surface area contributed by atoms with Crippen molar-refractivity contribution >= 4 is 17.4 Å². The van der Waals surface area contributed by atoms with E-state index in [0.717, 1.165) is 23.4 Å². The molecule has 4 aromatic rings. The van der Waals surface area contributed by atoms with Crippen LogP contribution in [-0.4, -0.2) is 34.6 Å². The zero-order valence-electron chi connectivity index (χ0n) is 17.3. The predicted octanol–water partition coefficient (Wildman–Crippen LogP) is 4.07. The van der Waals surface area contributed by atoms with E-state index in [1.807, 2.05) is 54.6 Å². The first-order chi connectivity index (χ1) is 15.7. The van der Waals surface area contributed by atoms with Crippen molar-refractivity contribution in [2.45, 2.75) is 6.42 Å². The van der Waals surface area contributed by atoms with Crippen LogP contribution in [0.15, 0.2) is 91.3 Å². The molecule has 0 saturated heterocycles. The van der Waals surface area contributed by atoms with E-state index in [2.05, 4.69) is 5.10 Å². The van der Waals surface area contributed by atoms with Crippen LogP contribution in [0.25, 0.3) is 5.69 Å². The van der Waals surface area contributed by atoms with Gasteiger partial charge in [0.25, 0.3) is 5.91 Å². The Morgan fingerprint density at radius 3 is 2.53 bits per heavy atom. The Labute approximate surface area is 185 Å². The second-order valence-electron chi connectivity index (χ2n) is 7.55. The van der Waals surface area contributed by atoms with Crippen molar-refractivity contribution in [2.75, 3.05) is 18.1 Å². The molecule has 0 aliphatic carbocycles. The number of ketones is 1. The highest BCUT2D eigenvalue weighted by Gasteiger charge is 2.25. The van der Waals surface area contributed by atoms with E-state index >= 15 is 0 Å². The van der Waals surface area contributed by atoms with Gasteiger partial charge in [-0.1, -0.05) is 48.5 Å². The highest BCUT2D eigenvalue weighted by atomic mass is 16.5. The van der Waals surface area contributed by atoms with Crippen LogP contribution >= 0.6 is 0 Å². The number of amides is 1. The van der Waals surface area contributed by atoms with Crippen LogP contribution in [0.2, 0.25) is 0 Å². The number of carbonyl (C=O) groups is 2. The molecule has 0 unspecified atom stereocenters. The first kappa shape index (κ1) is 19.8. The maximum Gasteiger partial charge on any atom is 0.264 e. The third-order valence-corrected chi connectivity index (χ3v) is 5.54. The van der Waals surface area contributed by atoms with E-state index in [1.54, 1.807) is 46.2 Å². The van der Waals surface area contributed by atoms with E-state index in [0.29, 0.717) is 23.4 Å². The maximum absolute atomic E-state index is 13.1. The number of hydrogen-bond acceptors (Lipinski definition) is 4. The van der Waals surface area contributed by atoms with Gasteiger partial charge in [-0.15, -0.1) is 0 Å². The first-order valence-electron chi connectivity index (χ1n) is 10.5. The van der Waals surface area contributed by atoms with Gasteiger partial charge in [-0.3, -0.25) is 9.59 Å². The van der Waals surface area contributed by atoms with Gasteiger partial charge in [0.15, 0.2) is 12.4 Å². The number of nitrogens with zero attached hydrogens (tertiary/aromatic N) is 3. The topological polar surface area (TPSA) is 64.4 Å². The Balaban J connectivity index is 1.32. The van der Waals surface area contributed by atoms with Crippen molar-refractivity contribution in [3.63, 3.8) is 0 Å². The van der Waals surface area contributed by atoms with Crippen molar-refractivity contribution < 1.29 is 14.3 Å². The summed E-state index contributed by atoms with van der Waals surface area (Å²) in [6.45, 7) is 0.503. The Kier molecular flexibility index (Phi) is 5.25. The number of para-hydroxylation sites is 3. The summed E-state index contributed by atoms with van der Waals surface area (Å²) in [5.74, 6) is 0.0432. The van der Waals surface area contributed by atoms with E-state index in [4.69, 9.17) is 4.74 Å². The molecule has 32 heavy (non-hydrogen) atoms. The van der Waals surface area contributed by atoms with Gasteiger partial charge in [-0.05, 0) is 42.3 Å². The lowest BCUT2D eigenvalue weighted by Crippen LogP contribution is -2.33. The van der Waals surface area contributed by atoms with Crippen molar-refractivity contribution in [3.05, 3.63) is 108 Å². The van der Waals surface area contributed by atoms with Crippen LogP contribution in [0.3, 0.4) is 0 Å². The minimum atomic E-state index is -0.207. The van der Waals surface area contributed by atoms with Gasteiger partial charge in [0, 0.05) is 18.4 Å². The standard InChI is InChI=1S/C26H21N3O3/c30-25(28-15-14-19-8-4-6-12-23(19)28)18-32-24-13-7-5-11-22(24)26(31)20-16-27-29(17-20)21-9-2-1-3-10-21/h1-13,16-17H,14-15,18H2. The molecule has 0 bridgehead atoms. The zero-order chi connectivity index (χ0) is 21.9. The van der Waals surface area contributed by atoms with Crippen LogP contribution in [0.5, 0.6) is 5.75 Å². The molecule has 6 heteroatoms. The molecule has 0 radical (unpaired) electrons. The summed E-state index contributed by atoms with van der Waals surface area (Å²) in [4.78, 5) is 27.7. The van der Waals surface area contributed by atoms with Crippen LogP contribution in [0.1, 0.15) is 21.5 Å². The van der Waals surface area contributed by atoms with Gasteiger partial charge in [0.05, 0.1) is 23.0 Å². The molecule has 1 aromatic heterocycles. The molecule has 158 valence electrons. The molecule has 0 saturated carbocycles. The summed E-state index contributed by atoms with van der Waals surface area (Å²) in [6.07, 6.45) is 4.07. The fourth-order valence-electron chi connectivity index (χ4n) is 3.91. The summed E-state index contributed by atoms with van der Waals surface area (Å²) >= 11 is 0. The summed E-state index contributed by atoms with van der Waals surface area (Å²) < 4.78 is 7.48. The Morgan fingerprint density at radius 1 is 0.906 bits per heavy atom. The fraction of sp³-hybridized carbons (Fsp3) is 0.115. The number of benzene rings is 3. The number of fused-ring (bicyclic) bond motifs is 1. The van der Waals surface area contributed by atoms with Crippen LogP contribution < -0.4 is 9.64 Å². The van der Waals surface area contributed by atoms with E-state index in [-0.39, 0.29) is 18.3 Å². The van der Waals surface area contributed by atoms with Crippen molar-refractivity contribution in [1.29, 1.82) is 0 Å². The third-order valence-electron chi connectivity index (χ3n) is 5.54. The van der Waals surface area contributed by atoms with E-state index < -0.39 is 0 Å². The predicted molar refractivity (Wildman–Crippen MR) is 121 cm³/mol. The second kappa shape index (κ2) is 8.51. The molecule has 5 rings (SSSR count). The van der Waals surface area contributed by atoms with Crippen molar-refractivity contribution in [3.8, 4) is 11.4 Å². The summed E-state index contributed by atoms with van der Waals surface area (Å²) in [5.41, 5.74) is 3.80. The first-order valence-corrected chi connectivity index (χ1v) is 10.5. The monoisotopic (exact) mass is 423 g/mol. The molecule has 1 aliphatic heterocycles. The molecule has 6 nitrogen and oxygen atoms in total. The molecular formula is C26H21N3O3. The van der Waals surface area contributed by atoms with Crippen LogP contribution in [-0.2, 0) is 11.2 Å². The molecule has 0 spiro atoms. The smallest absolute Gasteiger partial charge is 0.264 e. The number of aromatic nitrogens is 2. The van der Waals surface area contributed by atoms with Gasteiger partial charge in [0.1, 0.15) is 5.75 Å². The highest BCUT2D eigenvalue weighted by molar-refractivity contribution is 6.10.